The summed E-state index contributed by atoms with van der Waals surface area (Å²) in [5, 5.41) is 4.59. The second kappa shape index (κ2) is 9.53. The van der Waals surface area contributed by atoms with Crippen molar-refractivity contribution >= 4 is 29.0 Å². The molecular weight excluding hydrogens is 387 g/mol. The average Bonchev–Trinajstić information content (AvgIpc) is 2.62. The van der Waals surface area contributed by atoms with Crippen LogP contribution in [0.5, 0.6) is 5.75 Å². The van der Waals surface area contributed by atoms with Gasteiger partial charge in [-0.15, -0.1) is 0 Å². The van der Waals surface area contributed by atoms with Crippen LogP contribution in [0.3, 0.4) is 0 Å². The lowest BCUT2D eigenvalue weighted by Gasteiger charge is -2.24. The monoisotopic (exact) mass is 408 g/mol. The predicted octanol–water partition coefficient (Wildman–Crippen LogP) is 4.84. The number of aryl methyl sites for hydroxylation is 1. The molecule has 0 aliphatic heterocycles. The van der Waals surface area contributed by atoms with Gasteiger partial charge >= 0.3 is 0 Å². The molecule has 0 spiro atoms. The van der Waals surface area contributed by atoms with Gasteiger partial charge in [0.25, 0.3) is 0 Å². The first kappa shape index (κ1) is 20.9. The van der Waals surface area contributed by atoms with Crippen LogP contribution in [0.1, 0.15) is 24.7 Å². The van der Waals surface area contributed by atoms with Crippen LogP contribution in [-0.2, 0) is 6.54 Å². The molecule has 1 heterocycles. The number of anilines is 1. The Kier molecular flexibility index (Phi) is 7.38. The van der Waals surface area contributed by atoms with E-state index in [2.05, 4.69) is 15.1 Å². The van der Waals surface area contributed by atoms with Gasteiger partial charge in [0.1, 0.15) is 29.7 Å². The van der Waals surface area contributed by atoms with E-state index in [0.29, 0.717) is 46.1 Å². The molecule has 0 aliphatic rings. The minimum atomic E-state index is 0.109. The number of hydrogen-bond acceptors (Lipinski definition) is 7. The molecule has 9 heteroatoms. The smallest absolute Gasteiger partial charge is 0.138 e. The van der Waals surface area contributed by atoms with Crippen LogP contribution in [0.25, 0.3) is 0 Å². The van der Waals surface area contributed by atoms with E-state index in [4.69, 9.17) is 39.2 Å². The number of rotatable bonds is 8. The van der Waals surface area contributed by atoms with Crippen LogP contribution in [0, 0.1) is 12.5 Å². The summed E-state index contributed by atoms with van der Waals surface area (Å²) in [5.41, 5.74) is 15.7. The average molecular weight is 409 g/mol. The normalized spacial score (nSPS) is 11.7. The molecule has 0 aliphatic carbocycles. The standard InChI is InChI=1S/C18H22Cl2N6O/c1-4-16(26(3)9-12-8-23-11(2)24-18(12)21)15(25-22)10-27-17-6-5-13(19)7-14(17)20/h5-8,22H,4,9-10H2,1-3H3,(H2,21,23,24). The highest BCUT2D eigenvalue weighted by molar-refractivity contribution is 6.35. The largest absolute Gasteiger partial charge is 0.486 e. The Morgan fingerprint density at radius 1 is 1.37 bits per heavy atom. The maximum absolute atomic E-state index is 7.55. The lowest BCUT2D eigenvalue weighted by atomic mass is 10.2. The Morgan fingerprint density at radius 3 is 2.70 bits per heavy atom. The Balaban J connectivity index is 2.18. The molecule has 0 atom stereocenters. The van der Waals surface area contributed by atoms with E-state index in [1.54, 1.807) is 31.3 Å². The van der Waals surface area contributed by atoms with Crippen LogP contribution >= 0.6 is 23.2 Å². The molecular formula is C18H22Cl2N6O. The van der Waals surface area contributed by atoms with Gasteiger partial charge in [0.05, 0.1) is 5.02 Å². The van der Waals surface area contributed by atoms with Gasteiger partial charge in [0.15, 0.2) is 0 Å². The van der Waals surface area contributed by atoms with Crippen LogP contribution in [0.15, 0.2) is 40.9 Å². The highest BCUT2D eigenvalue weighted by atomic mass is 35.5. The van der Waals surface area contributed by atoms with E-state index < -0.39 is 0 Å². The first-order chi connectivity index (χ1) is 12.8. The minimum Gasteiger partial charge on any atom is -0.486 e. The van der Waals surface area contributed by atoms with Gasteiger partial charge in [0, 0.05) is 36.1 Å². The van der Waals surface area contributed by atoms with Crippen molar-refractivity contribution in [1.82, 2.24) is 14.9 Å². The van der Waals surface area contributed by atoms with Crippen LogP contribution in [0.4, 0.5) is 5.82 Å². The van der Waals surface area contributed by atoms with E-state index in [-0.39, 0.29) is 6.61 Å². The van der Waals surface area contributed by atoms with Gasteiger partial charge < -0.3 is 15.4 Å². The van der Waals surface area contributed by atoms with E-state index in [1.807, 2.05) is 18.9 Å². The van der Waals surface area contributed by atoms with Gasteiger partial charge in [-0.25, -0.2) is 15.5 Å². The zero-order valence-electron chi connectivity index (χ0n) is 15.5. The molecule has 0 bridgehead atoms. The first-order valence-electron chi connectivity index (χ1n) is 8.32. The number of hydrogen-bond donors (Lipinski definition) is 2. The Labute approximate surface area is 168 Å². The summed E-state index contributed by atoms with van der Waals surface area (Å²) < 4.78 is 5.73. The van der Waals surface area contributed by atoms with E-state index in [9.17, 15) is 0 Å². The van der Waals surface area contributed by atoms with Crippen LogP contribution < -0.4 is 10.5 Å². The third-order valence-electron chi connectivity index (χ3n) is 3.95. The van der Waals surface area contributed by atoms with Crippen molar-refractivity contribution in [3.8, 4) is 5.75 Å². The minimum absolute atomic E-state index is 0.109. The molecule has 0 fully saturated rings. The fourth-order valence-corrected chi connectivity index (χ4v) is 3.06. The number of nitrogens with two attached hydrogens (primary N) is 1. The number of benzene rings is 1. The zero-order chi connectivity index (χ0) is 20.0. The number of ether oxygens (including phenoxy) is 1. The quantitative estimate of drug-likeness (QED) is 0.608. The van der Waals surface area contributed by atoms with Crippen molar-refractivity contribution in [1.29, 1.82) is 5.53 Å². The molecule has 1 aromatic carbocycles. The number of nitrogen functional groups attached to an aromatic ring is 1. The van der Waals surface area contributed by atoms with Crippen molar-refractivity contribution < 1.29 is 4.74 Å². The topological polar surface area (TPSA) is 100 Å². The lowest BCUT2D eigenvalue weighted by Crippen LogP contribution is -2.21. The molecule has 2 aromatic rings. The molecule has 27 heavy (non-hydrogen) atoms. The van der Waals surface area contributed by atoms with Crippen molar-refractivity contribution in [3.05, 3.63) is 57.2 Å². The molecule has 0 saturated carbocycles. The molecule has 3 N–H and O–H groups in total. The molecule has 1 aromatic heterocycles. The molecule has 144 valence electrons. The number of halogens is 2. The van der Waals surface area contributed by atoms with Gasteiger partial charge in [-0.05, 0) is 31.5 Å². The molecule has 2 rings (SSSR count). The van der Waals surface area contributed by atoms with Crippen LogP contribution in [0.2, 0.25) is 10.0 Å². The molecule has 0 saturated heterocycles. The number of allylic oxidation sites excluding steroid dienone is 1. The van der Waals surface area contributed by atoms with E-state index in [1.165, 1.54) is 0 Å². The lowest BCUT2D eigenvalue weighted by molar-refractivity contribution is 0.330. The summed E-state index contributed by atoms with van der Waals surface area (Å²) in [6.45, 7) is 4.38. The van der Waals surface area contributed by atoms with Crippen molar-refractivity contribution in [3.63, 3.8) is 0 Å². The second-order valence-corrected chi connectivity index (χ2v) is 6.75. The third-order valence-corrected chi connectivity index (χ3v) is 4.48. The highest BCUT2D eigenvalue weighted by Crippen LogP contribution is 2.28. The van der Waals surface area contributed by atoms with Gasteiger partial charge in [-0.2, -0.15) is 5.11 Å². The van der Waals surface area contributed by atoms with Crippen LogP contribution in [-0.4, -0.2) is 28.5 Å². The van der Waals surface area contributed by atoms with Gasteiger partial charge in [-0.3, -0.25) is 0 Å². The summed E-state index contributed by atoms with van der Waals surface area (Å²) in [4.78, 5) is 10.3. The second-order valence-electron chi connectivity index (χ2n) is 5.91. The SMILES string of the molecule is CCC(=C(COc1ccc(Cl)cc1Cl)N=N)N(C)Cc1cnc(C)nc1N. The maximum Gasteiger partial charge on any atom is 0.138 e. The van der Waals surface area contributed by atoms with E-state index >= 15 is 0 Å². The van der Waals surface area contributed by atoms with Gasteiger partial charge in [-0.1, -0.05) is 30.1 Å². The summed E-state index contributed by atoms with van der Waals surface area (Å²) in [5.74, 6) is 1.55. The zero-order valence-corrected chi connectivity index (χ0v) is 17.0. The first-order valence-corrected chi connectivity index (χ1v) is 9.07. The fraction of sp³-hybridized carbons (Fsp3) is 0.333. The van der Waals surface area contributed by atoms with E-state index in [0.717, 1.165) is 11.3 Å². The Bertz CT molecular complexity index is 856. The molecule has 0 amide bonds. The van der Waals surface area contributed by atoms with Crippen molar-refractivity contribution in [2.75, 3.05) is 19.4 Å². The van der Waals surface area contributed by atoms with Crippen molar-refractivity contribution in [2.24, 2.45) is 5.11 Å². The molecule has 7 nitrogen and oxygen atoms in total. The Hall–Kier alpha value is -2.38. The molecule has 0 radical (unpaired) electrons. The van der Waals surface area contributed by atoms with Crippen molar-refractivity contribution in [2.45, 2.75) is 26.8 Å². The number of nitrogens with zero attached hydrogens (tertiary/aromatic N) is 4. The number of nitrogens with one attached hydrogen (secondary N) is 1. The highest BCUT2D eigenvalue weighted by Gasteiger charge is 2.14. The Morgan fingerprint density at radius 2 is 2.11 bits per heavy atom. The number of aromatic nitrogens is 2. The van der Waals surface area contributed by atoms with Gasteiger partial charge in [0.2, 0.25) is 0 Å². The molecule has 0 unspecified atom stereocenters. The summed E-state index contributed by atoms with van der Waals surface area (Å²) in [6.07, 6.45) is 2.38. The summed E-state index contributed by atoms with van der Waals surface area (Å²) >= 11 is 12.0. The fourth-order valence-electron chi connectivity index (χ4n) is 2.60. The third kappa shape index (κ3) is 5.55. The summed E-state index contributed by atoms with van der Waals surface area (Å²) in [6, 6.07) is 4.98. The predicted molar refractivity (Wildman–Crippen MR) is 107 cm³/mol. The maximum atomic E-state index is 7.55. The summed E-state index contributed by atoms with van der Waals surface area (Å²) in [7, 11) is 1.90.